The van der Waals surface area contributed by atoms with E-state index in [1.165, 1.54) is 35.9 Å². The fourth-order valence-corrected chi connectivity index (χ4v) is 4.21. The maximum Gasteiger partial charge on any atom is 0.417 e. The summed E-state index contributed by atoms with van der Waals surface area (Å²) < 4.78 is 44.8. The number of halogens is 3. The third-order valence-electron chi connectivity index (χ3n) is 5.39. The van der Waals surface area contributed by atoms with Gasteiger partial charge in [-0.3, -0.25) is 4.79 Å². The summed E-state index contributed by atoms with van der Waals surface area (Å²) in [5.41, 5.74) is -1.29. The van der Waals surface area contributed by atoms with Crippen molar-refractivity contribution in [3.8, 4) is 5.19 Å². The Morgan fingerprint density at radius 2 is 1.84 bits per heavy atom. The van der Waals surface area contributed by atoms with E-state index in [-0.39, 0.29) is 23.8 Å². The molecule has 8 nitrogen and oxygen atoms in total. The highest BCUT2D eigenvalue weighted by Crippen LogP contribution is 2.33. The van der Waals surface area contributed by atoms with Gasteiger partial charge < -0.3 is 19.9 Å². The van der Waals surface area contributed by atoms with Crippen LogP contribution < -0.4 is 15.0 Å². The minimum absolute atomic E-state index is 0.113. The average Bonchev–Trinajstić information content (AvgIpc) is 3.48. The number of nitrogens with one attached hydrogen (secondary N) is 1. The molecule has 1 aliphatic heterocycles. The number of benzene rings is 1. The number of alkyl halides is 3. The Hall–Kier alpha value is -2.89. The molecule has 1 N–H and O–H groups in total. The first-order valence-electron chi connectivity index (χ1n) is 10.3. The molecule has 0 unspecified atom stereocenters. The van der Waals surface area contributed by atoms with Crippen LogP contribution in [-0.4, -0.2) is 59.8 Å². The second-order valence-corrected chi connectivity index (χ2v) is 8.64. The van der Waals surface area contributed by atoms with Crippen LogP contribution in [0.3, 0.4) is 0 Å². The summed E-state index contributed by atoms with van der Waals surface area (Å²) in [4.78, 5) is 27.8. The van der Waals surface area contributed by atoms with E-state index in [0.29, 0.717) is 30.7 Å². The van der Waals surface area contributed by atoms with E-state index in [9.17, 15) is 22.8 Å². The largest absolute Gasteiger partial charge is 0.417 e. The van der Waals surface area contributed by atoms with Crippen LogP contribution in [0.25, 0.3) is 0 Å². The first kappa shape index (κ1) is 22.3. The lowest BCUT2D eigenvalue weighted by Gasteiger charge is -2.34. The summed E-state index contributed by atoms with van der Waals surface area (Å²) >= 11 is 1.10. The van der Waals surface area contributed by atoms with Gasteiger partial charge in [0.25, 0.3) is 5.91 Å². The van der Waals surface area contributed by atoms with Crippen molar-refractivity contribution < 1.29 is 27.5 Å². The SMILES string of the molecule is O=C(NCCC1CC1)Oc1nnc(N2CCN(C(=O)c3ccccc3C(F)(F)F)CC2)s1. The molecular formula is C20H22F3N5O3S. The van der Waals surface area contributed by atoms with Crippen molar-refractivity contribution in [3.05, 3.63) is 35.4 Å². The van der Waals surface area contributed by atoms with Gasteiger partial charge in [-0.05, 0) is 35.8 Å². The third kappa shape index (κ3) is 5.47. The number of amides is 2. The van der Waals surface area contributed by atoms with Gasteiger partial charge in [0.1, 0.15) is 0 Å². The predicted molar refractivity (Wildman–Crippen MR) is 111 cm³/mol. The van der Waals surface area contributed by atoms with Crippen molar-refractivity contribution in [1.29, 1.82) is 0 Å². The lowest BCUT2D eigenvalue weighted by Crippen LogP contribution is -2.49. The van der Waals surface area contributed by atoms with Crippen molar-refractivity contribution in [2.75, 3.05) is 37.6 Å². The number of anilines is 1. The second-order valence-electron chi connectivity index (χ2n) is 7.72. The molecule has 32 heavy (non-hydrogen) atoms. The Morgan fingerprint density at radius 1 is 1.12 bits per heavy atom. The summed E-state index contributed by atoms with van der Waals surface area (Å²) in [6.45, 7) is 1.79. The lowest BCUT2D eigenvalue weighted by molar-refractivity contribution is -0.138. The Kier molecular flexibility index (Phi) is 6.49. The Balaban J connectivity index is 1.29. The monoisotopic (exact) mass is 469 g/mol. The molecule has 4 rings (SSSR count). The van der Waals surface area contributed by atoms with Gasteiger partial charge in [-0.2, -0.15) is 13.2 Å². The number of carbonyl (C=O) groups excluding carboxylic acids is 2. The summed E-state index contributed by atoms with van der Waals surface area (Å²) in [6.07, 6.45) is -1.81. The number of nitrogens with zero attached hydrogens (tertiary/aromatic N) is 4. The van der Waals surface area contributed by atoms with Gasteiger partial charge in [-0.15, -0.1) is 5.10 Å². The van der Waals surface area contributed by atoms with Crippen LogP contribution in [0.1, 0.15) is 35.2 Å². The zero-order chi connectivity index (χ0) is 22.7. The lowest BCUT2D eigenvalue weighted by atomic mass is 10.1. The minimum atomic E-state index is -4.60. The van der Waals surface area contributed by atoms with Crippen LogP contribution in [0.2, 0.25) is 0 Å². The van der Waals surface area contributed by atoms with Crippen LogP contribution in [0, 0.1) is 5.92 Å². The van der Waals surface area contributed by atoms with Crippen LogP contribution >= 0.6 is 11.3 Å². The zero-order valence-electron chi connectivity index (χ0n) is 17.1. The maximum atomic E-state index is 13.2. The van der Waals surface area contributed by atoms with Gasteiger partial charge in [-0.1, -0.05) is 30.1 Å². The second kappa shape index (κ2) is 9.31. The highest BCUT2D eigenvalue weighted by molar-refractivity contribution is 7.17. The molecule has 1 aromatic carbocycles. The normalized spacial score (nSPS) is 16.7. The topological polar surface area (TPSA) is 87.7 Å². The summed E-state index contributed by atoms with van der Waals surface area (Å²) in [5, 5.41) is 11.2. The van der Waals surface area contributed by atoms with Gasteiger partial charge in [0.05, 0.1) is 11.1 Å². The van der Waals surface area contributed by atoms with Crippen molar-refractivity contribution >= 4 is 28.5 Å². The molecule has 0 atom stereocenters. The fraction of sp³-hybridized carbons (Fsp3) is 0.500. The number of aromatic nitrogens is 2. The number of ether oxygens (including phenoxy) is 1. The molecule has 0 bridgehead atoms. The van der Waals surface area contributed by atoms with Crippen LogP contribution in [0.4, 0.5) is 23.1 Å². The smallest absolute Gasteiger partial charge is 0.380 e. The number of piperazine rings is 1. The molecule has 0 radical (unpaired) electrons. The van der Waals surface area contributed by atoms with E-state index >= 15 is 0 Å². The van der Waals surface area contributed by atoms with Crippen molar-refractivity contribution in [3.63, 3.8) is 0 Å². The van der Waals surface area contributed by atoms with Crippen molar-refractivity contribution in [1.82, 2.24) is 20.4 Å². The van der Waals surface area contributed by atoms with E-state index in [1.54, 1.807) is 0 Å². The number of carbonyl (C=O) groups is 2. The summed E-state index contributed by atoms with van der Waals surface area (Å²) in [7, 11) is 0. The van der Waals surface area contributed by atoms with E-state index in [2.05, 4.69) is 15.5 Å². The van der Waals surface area contributed by atoms with Crippen LogP contribution in [0.15, 0.2) is 24.3 Å². The molecule has 172 valence electrons. The predicted octanol–water partition coefficient (Wildman–Crippen LogP) is 3.41. The van der Waals surface area contributed by atoms with E-state index in [1.807, 2.05) is 4.90 Å². The van der Waals surface area contributed by atoms with Crippen molar-refractivity contribution in [2.45, 2.75) is 25.4 Å². The highest BCUT2D eigenvalue weighted by Gasteiger charge is 2.36. The van der Waals surface area contributed by atoms with Gasteiger partial charge >= 0.3 is 17.5 Å². The molecule has 2 aliphatic rings. The third-order valence-corrected chi connectivity index (χ3v) is 6.26. The van der Waals surface area contributed by atoms with Gasteiger partial charge in [0.2, 0.25) is 5.13 Å². The molecule has 1 saturated carbocycles. The number of hydrogen-bond acceptors (Lipinski definition) is 7. The first-order valence-corrected chi connectivity index (χ1v) is 11.1. The number of hydrogen-bond donors (Lipinski definition) is 1. The Labute approximate surface area is 186 Å². The average molecular weight is 469 g/mol. The number of rotatable bonds is 6. The molecule has 12 heteroatoms. The molecule has 1 saturated heterocycles. The van der Waals surface area contributed by atoms with Gasteiger partial charge in [-0.25, -0.2) is 4.79 Å². The Morgan fingerprint density at radius 3 is 2.53 bits per heavy atom. The molecule has 2 aromatic rings. The highest BCUT2D eigenvalue weighted by atomic mass is 32.1. The molecule has 2 fully saturated rings. The molecule has 2 amide bonds. The molecule has 2 heterocycles. The molecule has 1 aromatic heterocycles. The summed E-state index contributed by atoms with van der Waals surface area (Å²) in [5.74, 6) is 0.0534. The molecule has 0 spiro atoms. The zero-order valence-corrected chi connectivity index (χ0v) is 17.9. The van der Waals surface area contributed by atoms with Crippen LogP contribution in [-0.2, 0) is 6.18 Å². The fourth-order valence-electron chi connectivity index (χ4n) is 3.46. The van der Waals surface area contributed by atoms with Gasteiger partial charge in [0, 0.05) is 32.7 Å². The first-order chi connectivity index (χ1) is 15.3. The van der Waals surface area contributed by atoms with Crippen molar-refractivity contribution in [2.24, 2.45) is 5.92 Å². The quantitative estimate of drug-likeness (QED) is 0.698. The van der Waals surface area contributed by atoms with E-state index in [0.717, 1.165) is 23.8 Å². The minimum Gasteiger partial charge on any atom is -0.380 e. The molecular weight excluding hydrogens is 447 g/mol. The maximum absolute atomic E-state index is 13.2. The van der Waals surface area contributed by atoms with Gasteiger partial charge in [0.15, 0.2) is 0 Å². The Bertz CT molecular complexity index is 971. The molecule has 1 aliphatic carbocycles. The van der Waals surface area contributed by atoms with E-state index in [4.69, 9.17) is 4.74 Å². The van der Waals surface area contributed by atoms with Crippen LogP contribution in [0.5, 0.6) is 5.19 Å². The standard InChI is InChI=1S/C20H22F3N5O3S/c21-20(22,23)15-4-2-1-3-14(15)16(29)27-9-11-28(12-10-27)17-25-26-19(32-17)31-18(30)24-8-7-13-5-6-13/h1-4,13H,5-12H2,(H,24,30). The van der Waals surface area contributed by atoms with E-state index < -0.39 is 23.7 Å². The summed E-state index contributed by atoms with van der Waals surface area (Å²) in [6, 6.07) is 4.79.